The molecule has 1 aromatic rings. The lowest BCUT2D eigenvalue weighted by molar-refractivity contribution is 0.870. The summed E-state index contributed by atoms with van der Waals surface area (Å²) < 4.78 is 0. The molecule has 1 rings (SSSR count). The van der Waals surface area contributed by atoms with Crippen molar-refractivity contribution < 1.29 is 0 Å². The fourth-order valence-electron chi connectivity index (χ4n) is 0.715. The van der Waals surface area contributed by atoms with E-state index in [1.54, 1.807) is 12.4 Å². The largest absolute Gasteiger partial charge is 0.261 e. The Kier molecular flexibility index (Phi) is 6.59. The van der Waals surface area contributed by atoms with Crippen molar-refractivity contribution in [1.29, 1.82) is 0 Å². The number of rotatable bonds is 2. The van der Waals surface area contributed by atoms with Gasteiger partial charge in [0.1, 0.15) is 0 Å². The second-order valence-electron chi connectivity index (χ2n) is 1.95. The molecule has 0 aliphatic rings. The molecule has 0 saturated heterocycles. The molecule has 0 radical (unpaired) electrons. The predicted octanol–water partition coefficient (Wildman–Crippen LogP) is 2.46. The molecule has 0 atom stereocenters. The maximum absolute atomic E-state index is 4.11. The molecule has 0 aromatic carbocycles. The molecule has 0 aliphatic heterocycles. The fourth-order valence-corrected chi connectivity index (χ4v) is 0.715. The summed E-state index contributed by atoms with van der Waals surface area (Å²) in [6.45, 7) is 6.13. The number of hydrogen-bond donors (Lipinski definition) is 0. The Morgan fingerprint density at radius 3 is 2.45 bits per heavy atom. The van der Waals surface area contributed by atoms with Crippen LogP contribution in [-0.2, 0) is 6.42 Å². The van der Waals surface area contributed by atoms with E-state index in [1.165, 1.54) is 0 Å². The Balaban J connectivity index is 0.000000461. The molecular weight excluding hydrogens is 136 g/mol. The van der Waals surface area contributed by atoms with E-state index in [2.05, 4.69) is 16.9 Å². The third-order valence-corrected chi connectivity index (χ3v) is 1.12. The van der Waals surface area contributed by atoms with Gasteiger partial charge in [0.05, 0.1) is 5.69 Å². The van der Waals surface area contributed by atoms with E-state index >= 15 is 0 Å². The van der Waals surface area contributed by atoms with Gasteiger partial charge in [0, 0.05) is 18.6 Å². The molecule has 1 aromatic heterocycles. The van der Waals surface area contributed by atoms with Crippen LogP contribution in [0.1, 0.15) is 32.9 Å². The summed E-state index contributed by atoms with van der Waals surface area (Å²) in [5.74, 6) is 0. The van der Waals surface area contributed by atoms with Gasteiger partial charge in [-0.1, -0.05) is 27.2 Å². The topological polar surface area (TPSA) is 25.8 Å². The Bertz CT molecular complexity index is 160. The van der Waals surface area contributed by atoms with Crippen LogP contribution in [0.25, 0.3) is 0 Å². The van der Waals surface area contributed by atoms with Crippen LogP contribution in [-0.4, -0.2) is 9.97 Å². The van der Waals surface area contributed by atoms with Crippen molar-refractivity contribution in [3.8, 4) is 0 Å². The first kappa shape index (κ1) is 10.1. The van der Waals surface area contributed by atoms with Crippen LogP contribution in [0.15, 0.2) is 18.6 Å². The summed E-state index contributed by atoms with van der Waals surface area (Å²) in [5, 5.41) is 0. The summed E-state index contributed by atoms with van der Waals surface area (Å²) in [6, 6.07) is 0. The zero-order chi connectivity index (χ0) is 8.53. The average molecular weight is 152 g/mol. The molecule has 2 heteroatoms. The van der Waals surface area contributed by atoms with Crippen molar-refractivity contribution >= 4 is 0 Å². The van der Waals surface area contributed by atoms with E-state index in [0.29, 0.717) is 0 Å². The predicted molar refractivity (Wildman–Crippen MR) is 47.4 cm³/mol. The summed E-state index contributed by atoms with van der Waals surface area (Å²) in [6.07, 6.45) is 7.40. The van der Waals surface area contributed by atoms with Gasteiger partial charge in [-0.3, -0.25) is 9.97 Å². The lowest BCUT2D eigenvalue weighted by atomic mass is 10.3. The molecule has 0 spiro atoms. The van der Waals surface area contributed by atoms with Crippen LogP contribution >= 0.6 is 0 Å². The molecular formula is C9H16N2. The van der Waals surface area contributed by atoms with Crippen molar-refractivity contribution in [2.24, 2.45) is 0 Å². The minimum absolute atomic E-state index is 1.04. The highest BCUT2D eigenvalue weighted by molar-refractivity contribution is 4.93. The van der Waals surface area contributed by atoms with Crippen molar-refractivity contribution in [2.45, 2.75) is 33.6 Å². The number of aromatic nitrogens is 2. The van der Waals surface area contributed by atoms with Crippen LogP contribution in [0.5, 0.6) is 0 Å². The van der Waals surface area contributed by atoms with Gasteiger partial charge in [-0.2, -0.15) is 0 Å². The number of aryl methyl sites for hydroxylation is 1. The van der Waals surface area contributed by atoms with Crippen molar-refractivity contribution in [3.63, 3.8) is 0 Å². The van der Waals surface area contributed by atoms with Gasteiger partial charge >= 0.3 is 0 Å². The maximum atomic E-state index is 4.11. The number of hydrogen-bond acceptors (Lipinski definition) is 2. The molecule has 11 heavy (non-hydrogen) atoms. The highest BCUT2D eigenvalue weighted by Gasteiger charge is 1.87. The zero-order valence-electron chi connectivity index (χ0n) is 7.54. The standard InChI is InChI=1S/C7H10N2.C2H6/c1-2-3-7-6-8-4-5-9-7;1-2/h4-6H,2-3H2,1H3;1-2H3. The van der Waals surface area contributed by atoms with Crippen LogP contribution in [0.3, 0.4) is 0 Å². The summed E-state index contributed by atoms with van der Waals surface area (Å²) >= 11 is 0. The first-order chi connectivity index (χ1) is 5.43. The van der Waals surface area contributed by atoms with E-state index in [4.69, 9.17) is 0 Å². The third-order valence-electron chi connectivity index (χ3n) is 1.12. The Morgan fingerprint density at radius 2 is 2.00 bits per heavy atom. The monoisotopic (exact) mass is 152 g/mol. The van der Waals surface area contributed by atoms with Gasteiger partial charge in [0.25, 0.3) is 0 Å². The Hall–Kier alpha value is -0.920. The molecule has 0 bridgehead atoms. The second-order valence-corrected chi connectivity index (χ2v) is 1.95. The fraction of sp³-hybridized carbons (Fsp3) is 0.556. The Labute approximate surface area is 68.7 Å². The zero-order valence-corrected chi connectivity index (χ0v) is 7.54. The van der Waals surface area contributed by atoms with E-state index in [9.17, 15) is 0 Å². The lowest BCUT2D eigenvalue weighted by Crippen LogP contribution is -1.87. The van der Waals surface area contributed by atoms with Crippen molar-refractivity contribution in [3.05, 3.63) is 24.3 Å². The molecule has 2 nitrogen and oxygen atoms in total. The summed E-state index contributed by atoms with van der Waals surface area (Å²) in [7, 11) is 0. The quantitative estimate of drug-likeness (QED) is 0.650. The van der Waals surface area contributed by atoms with Crippen LogP contribution in [0.4, 0.5) is 0 Å². The van der Waals surface area contributed by atoms with Gasteiger partial charge < -0.3 is 0 Å². The highest BCUT2D eigenvalue weighted by atomic mass is 14.8. The summed E-state index contributed by atoms with van der Waals surface area (Å²) in [5.41, 5.74) is 1.08. The van der Waals surface area contributed by atoms with Crippen LogP contribution in [0, 0.1) is 0 Å². The smallest absolute Gasteiger partial charge is 0.0586 e. The Morgan fingerprint density at radius 1 is 1.27 bits per heavy atom. The van der Waals surface area contributed by atoms with Crippen LogP contribution in [0.2, 0.25) is 0 Å². The molecule has 0 N–H and O–H groups in total. The van der Waals surface area contributed by atoms with Gasteiger partial charge in [0.2, 0.25) is 0 Å². The summed E-state index contributed by atoms with van der Waals surface area (Å²) in [4.78, 5) is 8.05. The minimum atomic E-state index is 1.04. The highest BCUT2D eigenvalue weighted by Crippen LogP contribution is 1.93. The third kappa shape index (κ3) is 4.48. The first-order valence-electron chi connectivity index (χ1n) is 4.18. The van der Waals surface area contributed by atoms with E-state index < -0.39 is 0 Å². The van der Waals surface area contributed by atoms with E-state index in [0.717, 1.165) is 18.5 Å². The van der Waals surface area contributed by atoms with Crippen LogP contribution < -0.4 is 0 Å². The molecule has 0 aliphatic carbocycles. The van der Waals surface area contributed by atoms with Gasteiger partial charge in [0.15, 0.2) is 0 Å². The minimum Gasteiger partial charge on any atom is -0.261 e. The number of nitrogens with zero attached hydrogens (tertiary/aromatic N) is 2. The maximum Gasteiger partial charge on any atom is 0.0586 e. The average Bonchev–Trinajstić information content (AvgIpc) is 2.11. The van der Waals surface area contributed by atoms with Crippen molar-refractivity contribution in [1.82, 2.24) is 9.97 Å². The molecule has 0 fully saturated rings. The van der Waals surface area contributed by atoms with E-state index in [-0.39, 0.29) is 0 Å². The molecule has 0 unspecified atom stereocenters. The second kappa shape index (κ2) is 7.19. The molecule has 0 saturated carbocycles. The molecule has 0 amide bonds. The SMILES string of the molecule is CC.CCCc1cnccn1. The normalized spacial score (nSPS) is 8.27. The van der Waals surface area contributed by atoms with Gasteiger partial charge in [-0.25, -0.2) is 0 Å². The van der Waals surface area contributed by atoms with Crippen molar-refractivity contribution in [2.75, 3.05) is 0 Å². The molecule has 62 valence electrons. The van der Waals surface area contributed by atoms with Gasteiger partial charge in [-0.15, -0.1) is 0 Å². The van der Waals surface area contributed by atoms with Gasteiger partial charge in [-0.05, 0) is 6.42 Å². The molecule has 1 heterocycles. The lowest BCUT2D eigenvalue weighted by Gasteiger charge is -1.91. The van der Waals surface area contributed by atoms with E-state index in [1.807, 2.05) is 20.0 Å². The first-order valence-corrected chi connectivity index (χ1v) is 4.18.